The largest absolute Gasteiger partial charge is 0.503 e. The molecule has 0 radical (unpaired) electrons. The lowest BCUT2D eigenvalue weighted by Crippen LogP contribution is -2.31. The maximum absolute atomic E-state index is 13.4. The van der Waals surface area contributed by atoms with Gasteiger partial charge in [-0.2, -0.15) is 0 Å². The first-order valence-corrected chi connectivity index (χ1v) is 14.1. The lowest BCUT2D eigenvalue weighted by atomic mass is 9.95. The van der Waals surface area contributed by atoms with Crippen molar-refractivity contribution in [3.05, 3.63) is 103 Å². The Morgan fingerprint density at radius 2 is 1.89 bits per heavy atom. The number of ketones is 1. The molecule has 5 rings (SSSR count). The van der Waals surface area contributed by atoms with Gasteiger partial charge in [0.2, 0.25) is 10.9 Å². The number of thiophene rings is 1. The molecule has 0 saturated carbocycles. The first-order chi connectivity index (χ1) is 17.3. The maximum Gasteiger partial charge on any atom is 0.296 e. The van der Waals surface area contributed by atoms with Gasteiger partial charge in [0.15, 0.2) is 10.1 Å². The molecule has 1 aliphatic rings. The zero-order valence-corrected chi connectivity index (χ0v) is 22.6. The van der Waals surface area contributed by atoms with Crippen molar-refractivity contribution in [3.8, 4) is 0 Å². The van der Waals surface area contributed by atoms with Gasteiger partial charge in [-0.1, -0.05) is 88.3 Å². The summed E-state index contributed by atoms with van der Waals surface area (Å²) in [6, 6.07) is 15.5. The second-order valence-corrected chi connectivity index (χ2v) is 11.9. The number of carbonyl (C=O) groups excluding carboxylic acids is 2. The number of amides is 1. The Kier molecular flexibility index (Phi) is 7.18. The molecular weight excluding hydrogens is 557 g/mol. The lowest BCUT2D eigenvalue weighted by molar-refractivity contribution is -0.117. The normalized spacial score (nSPS) is 15.7. The van der Waals surface area contributed by atoms with Crippen LogP contribution in [0.3, 0.4) is 0 Å². The third-order valence-electron chi connectivity index (χ3n) is 5.54. The number of rotatable bonds is 7. The van der Waals surface area contributed by atoms with Crippen LogP contribution >= 0.6 is 57.6 Å². The molecule has 11 heteroatoms. The van der Waals surface area contributed by atoms with Gasteiger partial charge in [-0.15, -0.1) is 21.5 Å². The van der Waals surface area contributed by atoms with E-state index in [2.05, 4.69) is 22.3 Å². The number of aryl methyl sites for hydroxylation is 1. The number of Topliss-reactive ketones (excluding diaryl/α,β-unsaturated/α-hetero) is 1. The number of benzene rings is 2. The van der Waals surface area contributed by atoms with Crippen LogP contribution in [0.5, 0.6) is 0 Å². The highest BCUT2D eigenvalue weighted by Gasteiger charge is 2.46. The Labute approximate surface area is 229 Å². The van der Waals surface area contributed by atoms with Gasteiger partial charge >= 0.3 is 0 Å². The second kappa shape index (κ2) is 10.4. The molecule has 2 aromatic carbocycles. The highest BCUT2D eigenvalue weighted by Crippen LogP contribution is 2.45. The van der Waals surface area contributed by atoms with Crippen LogP contribution in [0, 0.1) is 6.92 Å². The summed E-state index contributed by atoms with van der Waals surface area (Å²) in [6.45, 7) is 2.03. The van der Waals surface area contributed by atoms with Crippen molar-refractivity contribution in [2.75, 3.05) is 4.90 Å². The van der Waals surface area contributed by atoms with E-state index < -0.39 is 23.5 Å². The van der Waals surface area contributed by atoms with Gasteiger partial charge in [-0.25, -0.2) is 0 Å². The van der Waals surface area contributed by atoms with Crippen molar-refractivity contribution in [2.24, 2.45) is 0 Å². The number of aliphatic hydroxyl groups excluding tert-OH is 1. The molecular formula is C25H17Cl2N3O3S3. The Balaban J connectivity index is 1.50. The fourth-order valence-electron chi connectivity index (χ4n) is 3.76. The summed E-state index contributed by atoms with van der Waals surface area (Å²) >= 11 is 16.3. The predicted molar refractivity (Wildman–Crippen MR) is 146 cm³/mol. The standard InChI is InChI=1S/C25H17Cl2N3O3S3/c1-13-4-6-14(7-5-13)12-35-25-29-28-24(36-25)30-20(15-8-9-16(26)17(27)11-15)19(22(32)23(30)33)21(31)18-3-2-10-34-18/h2-11,20,32H,12H2,1H3. The molecule has 0 bridgehead atoms. The van der Waals surface area contributed by atoms with Gasteiger partial charge < -0.3 is 5.11 Å². The summed E-state index contributed by atoms with van der Waals surface area (Å²) in [4.78, 5) is 28.4. The third-order valence-corrected chi connectivity index (χ3v) is 9.28. The number of halogens is 2. The number of aromatic nitrogens is 2. The summed E-state index contributed by atoms with van der Waals surface area (Å²) in [5, 5.41) is 22.0. The highest BCUT2D eigenvalue weighted by molar-refractivity contribution is 8.00. The van der Waals surface area contributed by atoms with E-state index in [1.165, 1.54) is 44.9 Å². The van der Waals surface area contributed by atoms with Crippen LogP contribution in [0.2, 0.25) is 10.0 Å². The molecule has 36 heavy (non-hydrogen) atoms. The summed E-state index contributed by atoms with van der Waals surface area (Å²) in [5.74, 6) is -1.09. The van der Waals surface area contributed by atoms with Crippen molar-refractivity contribution >= 4 is 74.5 Å². The van der Waals surface area contributed by atoms with Gasteiger partial charge in [0.05, 0.1) is 26.5 Å². The van der Waals surface area contributed by atoms with Crippen LogP contribution in [0.25, 0.3) is 0 Å². The molecule has 6 nitrogen and oxygen atoms in total. The Bertz CT molecular complexity index is 1480. The van der Waals surface area contributed by atoms with Crippen LogP contribution in [0.1, 0.15) is 32.4 Å². The second-order valence-electron chi connectivity index (χ2n) is 7.94. The van der Waals surface area contributed by atoms with Crippen LogP contribution in [-0.2, 0) is 10.5 Å². The summed E-state index contributed by atoms with van der Waals surface area (Å²) < 4.78 is 0.656. The maximum atomic E-state index is 13.4. The SMILES string of the molecule is Cc1ccc(CSc2nnc(N3C(=O)C(O)=C(C(=O)c4cccs4)C3c3ccc(Cl)c(Cl)c3)s2)cc1. The fraction of sp³-hybridized carbons (Fsp3) is 0.120. The van der Waals surface area contributed by atoms with E-state index in [4.69, 9.17) is 23.2 Å². The van der Waals surface area contributed by atoms with E-state index in [1.807, 2.05) is 19.1 Å². The molecule has 0 saturated heterocycles. The Morgan fingerprint density at radius 3 is 2.58 bits per heavy atom. The number of hydrogen-bond donors (Lipinski definition) is 1. The van der Waals surface area contributed by atoms with Crippen molar-refractivity contribution in [1.29, 1.82) is 0 Å². The van der Waals surface area contributed by atoms with Crippen LogP contribution in [0.15, 0.2) is 75.6 Å². The molecule has 3 heterocycles. The third kappa shape index (κ3) is 4.81. The van der Waals surface area contributed by atoms with Gasteiger partial charge in [-0.05, 0) is 41.6 Å². The smallest absolute Gasteiger partial charge is 0.296 e. The number of hydrogen-bond acceptors (Lipinski definition) is 8. The predicted octanol–water partition coefficient (Wildman–Crippen LogP) is 7.29. The first kappa shape index (κ1) is 25.0. The van der Waals surface area contributed by atoms with Crippen molar-refractivity contribution in [3.63, 3.8) is 0 Å². The quantitative estimate of drug-likeness (QED) is 0.142. The van der Waals surface area contributed by atoms with Gasteiger partial charge in [-0.3, -0.25) is 14.5 Å². The number of nitrogens with zero attached hydrogens (tertiary/aromatic N) is 3. The summed E-state index contributed by atoms with van der Waals surface area (Å²) in [7, 11) is 0. The summed E-state index contributed by atoms with van der Waals surface area (Å²) in [5.41, 5.74) is 2.80. The molecule has 0 spiro atoms. The molecule has 0 fully saturated rings. The number of aliphatic hydroxyl groups is 1. The molecule has 1 N–H and O–H groups in total. The Morgan fingerprint density at radius 1 is 1.11 bits per heavy atom. The first-order valence-electron chi connectivity index (χ1n) is 10.6. The topological polar surface area (TPSA) is 83.4 Å². The van der Waals surface area contributed by atoms with Crippen molar-refractivity contribution < 1.29 is 14.7 Å². The van der Waals surface area contributed by atoms with Crippen molar-refractivity contribution in [1.82, 2.24) is 10.2 Å². The zero-order chi connectivity index (χ0) is 25.4. The van der Waals surface area contributed by atoms with Gasteiger partial charge in [0.1, 0.15) is 0 Å². The molecule has 182 valence electrons. The average molecular weight is 575 g/mol. The van der Waals surface area contributed by atoms with E-state index in [9.17, 15) is 14.7 Å². The minimum absolute atomic E-state index is 0.0371. The number of anilines is 1. The molecule has 1 unspecified atom stereocenters. The van der Waals surface area contributed by atoms with E-state index in [-0.39, 0.29) is 15.7 Å². The Hall–Kier alpha value is -2.69. The minimum atomic E-state index is -0.940. The fourth-order valence-corrected chi connectivity index (χ4v) is 6.57. The van der Waals surface area contributed by atoms with Crippen LogP contribution in [0.4, 0.5) is 5.13 Å². The molecule has 0 aliphatic carbocycles. The molecule has 1 atom stereocenters. The van der Waals surface area contributed by atoms with Crippen LogP contribution in [-0.4, -0.2) is 27.0 Å². The van der Waals surface area contributed by atoms with E-state index >= 15 is 0 Å². The monoisotopic (exact) mass is 573 g/mol. The molecule has 1 aliphatic heterocycles. The number of carbonyl (C=O) groups is 2. The van der Waals surface area contributed by atoms with E-state index in [0.29, 0.717) is 25.6 Å². The molecule has 2 aromatic heterocycles. The average Bonchev–Trinajstić information content (AvgIpc) is 3.61. The highest BCUT2D eigenvalue weighted by atomic mass is 35.5. The van der Waals surface area contributed by atoms with Gasteiger partial charge in [0, 0.05) is 5.75 Å². The zero-order valence-electron chi connectivity index (χ0n) is 18.6. The van der Waals surface area contributed by atoms with Crippen LogP contribution < -0.4 is 4.90 Å². The molecule has 1 amide bonds. The summed E-state index contributed by atoms with van der Waals surface area (Å²) in [6.07, 6.45) is 0. The number of thioether (sulfide) groups is 1. The van der Waals surface area contributed by atoms with E-state index in [1.54, 1.807) is 35.7 Å². The van der Waals surface area contributed by atoms with Gasteiger partial charge in [0.25, 0.3) is 5.91 Å². The lowest BCUT2D eigenvalue weighted by Gasteiger charge is -2.24. The van der Waals surface area contributed by atoms with E-state index in [0.717, 1.165) is 5.56 Å². The van der Waals surface area contributed by atoms with Crippen molar-refractivity contribution in [2.45, 2.75) is 23.1 Å². The molecule has 4 aromatic rings. The minimum Gasteiger partial charge on any atom is -0.503 e.